The minimum absolute atomic E-state index is 0.0516. The van der Waals surface area contributed by atoms with Gasteiger partial charge in [-0.05, 0) is 65.2 Å². The number of nitrogens with zero attached hydrogens (tertiary/aromatic N) is 3. The second-order valence-corrected chi connectivity index (χ2v) is 6.44. The molecule has 0 aliphatic rings. The van der Waals surface area contributed by atoms with Crippen molar-refractivity contribution >= 4 is 33.1 Å². The number of benzene rings is 2. The molecular formula is C18H15BrN4O3. The summed E-state index contributed by atoms with van der Waals surface area (Å²) in [5, 5.41) is 14.6. The van der Waals surface area contributed by atoms with Crippen LogP contribution in [0.1, 0.15) is 11.1 Å². The molecule has 8 heteroatoms. The summed E-state index contributed by atoms with van der Waals surface area (Å²) in [5.41, 5.74) is 2.43. The molecule has 2 aromatic carbocycles. The fraction of sp³-hybridized carbons (Fsp3) is 0.111. The molecule has 0 aliphatic heterocycles. The largest absolute Gasteiger partial charge is 0.434 e. The number of nitrogens with one attached hydrogen (secondary N) is 1. The first kappa shape index (κ1) is 17.8. The summed E-state index contributed by atoms with van der Waals surface area (Å²) >= 11 is 3.40. The number of hydrogen-bond donors (Lipinski definition) is 1. The number of hydrogen-bond acceptors (Lipinski definition) is 6. The summed E-state index contributed by atoms with van der Waals surface area (Å²) in [6.07, 6.45) is 1.22. The van der Waals surface area contributed by atoms with E-state index in [0.717, 1.165) is 15.6 Å². The van der Waals surface area contributed by atoms with E-state index in [4.69, 9.17) is 4.74 Å². The average Bonchev–Trinajstić information content (AvgIpc) is 2.60. The Bertz CT molecular complexity index is 978. The number of ether oxygens (including phenoxy) is 1. The van der Waals surface area contributed by atoms with E-state index >= 15 is 0 Å². The first-order valence-corrected chi connectivity index (χ1v) is 8.51. The van der Waals surface area contributed by atoms with Crippen molar-refractivity contribution in [3.63, 3.8) is 0 Å². The number of para-hydroxylation sites is 1. The van der Waals surface area contributed by atoms with Crippen LogP contribution in [0.15, 0.2) is 53.3 Å². The molecule has 0 atom stereocenters. The lowest BCUT2D eigenvalue weighted by atomic mass is 10.1. The zero-order valence-electron chi connectivity index (χ0n) is 14.1. The predicted molar refractivity (Wildman–Crippen MR) is 102 cm³/mol. The molecule has 1 heterocycles. The van der Waals surface area contributed by atoms with Crippen molar-refractivity contribution in [1.82, 2.24) is 9.97 Å². The molecular weight excluding hydrogens is 400 g/mol. The van der Waals surface area contributed by atoms with Gasteiger partial charge in [0.05, 0.1) is 10.6 Å². The molecule has 3 rings (SSSR count). The summed E-state index contributed by atoms with van der Waals surface area (Å²) in [4.78, 5) is 19.0. The number of anilines is 2. The van der Waals surface area contributed by atoms with Crippen molar-refractivity contribution < 1.29 is 9.66 Å². The van der Waals surface area contributed by atoms with Gasteiger partial charge in [0.15, 0.2) is 0 Å². The highest BCUT2D eigenvalue weighted by molar-refractivity contribution is 9.10. The molecule has 0 radical (unpaired) electrons. The maximum absolute atomic E-state index is 11.6. The summed E-state index contributed by atoms with van der Waals surface area (Å²) in [6.45, 7) is 3.92. The van der Waals surface area contributed by atoms with Crippen LogP contribution in [0.2, 0.25) is 0 Å². The van der Waals surface area contributed by atoms with Gasteiger partial charge in [0, 0.05) is 4.47 Å². The van der Waals surface area contributed by atoms with Gasteiger partial charge in [-0.1, -0.05) is 18.2 Å². The Morgan fingerprint density at radius 1 is 1.12 bits per heavy atom. The Hall–Kier alpha value is -3.00. The smallest absolute Gasteiger partial charge is 0.373 e. The molecule has 0 bridgehead atoms. The molecule has 1 aromatic heterocycles. The van der Waals surface area contributed by atoms with Crippen molar-refractivity contribution in [2.45, 2.75) is 13.8 Å². The highest BCUT2D eigenvalue weighted by atomic mass is 79.9. The highest BCUT2D eigenvalue weighted by Gasteiger charge is 2.25. The molecule has 7 nitrogen and oxygen atoms in total. The van der Waals surface area contributed by atoms with Crippen LogP contribution in [0.4, 0.5) is 17.2 Å². The van der Waals surface area contributed by atoms with Crippen molar-refractivity contribution in [2.24, 2.45) is 0 Å². The van der Waals surface area contributed by atoms with E-state index in [1.807, 2.05) is 44.2 Å². The number of aryl methyl sites for hydroxylation is 2. The molecule has 0 amide bonds. The third kappa shape index (κ3) is 3.80. The third-order valence-electron chi connectivity index (χ3n) is 3.79. The number of rotatable bonds is 5. The zero-order valence-corrected chi connectivity index (χ0v) is 15.6. The SMILES string of the molecule is Cc1ccc(Oc2ncnc(Nc3ccccc3Br)c2[N+](=O)[O-])cc1C. The van der Waals surface area contributed by atoms with Crippen LogP contribution < -0.4 is 10.1 Å². The molecule has 1 N–H and O–H groups in total. The summed E-state index contributed by atoms with van der Waals surface area (Å²) in [5.74, 6) is 0.403. The topological polar surface area (TPSA) is 90.2 Å². The third-order valence-corrected chi connectivity index (χ3v) is 4.48. The van der Waals surface area contributed by atoms with Gasteiger partial charge in [-0.3, -0.25) is 10.1 Å². The standard InChI is InChI=1S/C18H15BrN4O3/c1-11-7-8-13(9-12(11)2)26-18-16(23(24)25)17(20-10-21-18)22-15-6-4-3-5-14(15)19/h3-10H,1-2H3,(H,20,21,22). The van der Waals surface area contributed by atoms with E-state index in [9.17, 15) is 10.1 Å². The van der Waals surface area contributed by atoms with E-state index in [1.54, 1.807) is 12.1 Å². The Labute approximate surface area is 158 Å². The normalized spacial score (nSPS) is 10.4. The number of aromatic nitrogens is 2. The molecule has 0 fully saturated rings. The lowest BCUT2D eigenvalue weighted by molar-refractivity contribution is -0.385. The second-order valence-electron chi connectivity index (χ2n) is 5.59. The Kier molecular flexibility index (Phi) is 5.13. The molecule has 3 aromatic rings. The first-order chi connectivity index (χ1) is 12.5. The van der Waals surface area contributed by atoms with Crippen LogP contribution in [0.5, 0.6) is 11.6 Å². The van der Waals surface area contributed by atoms with Gasteiger partial charge in [0.1, 0.15) is 12.1 Å². The lowest BCUT2D eigenvalue weighted by Crippen LogP contribution is -2.04. The maximum Gasteiger partial charge on any atom is 0.373 e. The van der Waals surface area contributed by atoms with E-state index in [2.05, 4.69) is 31.2 Å². The highest BCUT2D eigenvalue weighted by Crippen LogP contribution is 2.36. The van der Waals surface area contributed by atoms with Gasteiger partial charge >= 0.3 is 11.6 Å². The zero-order chi connectivity index (χ0) is 18.7. The van der Waals surface area contributed by atoms with Crippen LogP contribution in [-0.4, -0.2) is 14.9 Å². The van der Waals surface area contributed by atoms with E-state index in [-0.39, 0.29) is 17.4 Å². The molecule has 0 saturated carbocycles. The second kappa shape index (κ2) is 7.49. The fourth-order valence-electron chi connectivity index (χ4n) is 2.27. The predicted octanol–water partition coefficient (Wildman–Crippen LogP) is 5.30. The summed E-state index contributed by atoms with van der Waals surface area (Å²) < 4.78 is 6.42. The van der Waals surface area contributed by atoms with Gasteiger partial charge < -0.3 is 10.1 Å². The molecule has 26 heavy (non-hydrogen) atoms. The van der Waals surface area contributed by atoms with Crippen molar-refractivity contribution in [1.29, 1.82) is 0 Å². The van der Waals surface area contributed by atoms with Gasteiger partial charge in [0.2, 0.25) is 5.82 Å². The van der Waals surface area contributed by atoms with E-state index in [0.29, 0.717) is 11.4 Å². The van der Waals surface area contributed by atoms with Crippen LogP contribution in [0, 0.1) is 24.0 Å². The maximum atomic E-state index is 11.6. The van der Waals surface area contributed by atoms with Crippen molar-refractivity contribution in [3.8, 4) is 11.6 Å². The quantitative estimate of drug-likeness (QED) is 0.449. The van der Waals surface area contributed by atoms with Gasteiger partial charge in [-0.25, -0.2) is 4.98 Å². The number of nitro groups is 1. The van der Waals surface area contributed by atoms with Gasteiger partial charge in [-0.15, -0.1) is 0 Å². The lowest BCUT2D eigenvalue weighted by Gasteiger charge is -2.11. The van der Waals surface area contributed by atoms with Crippen LogP contribution in [-0.2, 0) is 0 Å². The average molecular weight is 415 g/mol. The van der Waals surface area contributed by atoms with E-state index < -0.39 is 4.92 Å². The van der Waals surface area contributed by atoms with Crippen LogP contribution in [0.3, 0.4) is 0 Å². The van der Waals surface area contributed by atoms with Gasteiger partial charge in [-0.2, -0.15) is 4.98 Å². The molecule has 0 unspecified atom stereocenters. The van der Waals surface area contributed by atoms with Crippen molar-refractivity contribution in [2.75, 3.05) is 5.32 Å². The summed E-state index contributed by atoms with van der Waals surface area (Å²) in [7, 11) is 0. The summed E-state index contributed by atoms with van der Waals surface area (Å²) in [6, 6.07) is 12.7. The minimum atomic E-state index is -0.560. The van der Waals surface area contributed by atoms with Crippen molar-refractivity contribution in [3.05, 3.63) is 74.5 Å². The molecule has 0 spiro atoms. The monoisotopic (exact) mass is 414 g/mol. The Morgan fingerprint density at radius 2 is 1.88 bits per heavy atom. The van der Waals surface area contributed by atoms with E-state index in [1.165, 1.54) is 6.33 Å². The first-order valence-electron chi connectivity index (χ1n) is 7.71. The van der Waals surface area contributed by atoms with Gasteiger partial charge in [0.25, 0.3) is 0 Å². The number of halogens is 1. The molecule has 0 aliphatic carbocycles. The molecule has 132 valence electrons. The fourth-order valence-corrected chi connectivity index (χ4v) is 2.66. The molecule has 0 saturated heterocycles. The Balaban J connectivity index is 1.99. The van der Waals surface area contributed by atoms with Crippen LogP contribution in [0.25, 0.3) is 0 Å². The Morgan fingerprint density at radius 3 is 2.58 bits per heavy atom. The minimum Gasteiger partial charge on any atom is -0.434 e. The van der Waals surface area contributed by atoms with Crippen LogP contribution >= 0.6 is 15.9 Å².